The van der Waals surface area contributed by atoms with Crippen molar-refractivity contribution in [2.24, 2.45) is 16.7 Å². The van der Waals surface area contributed by atoms with Gasteiger partial charge in [-0.1, -0.05) is 32.0 Å². The van der Waals surface area contributed by atoms with Gasteiger partial charge in [-0.05, 0) is 44.2 Å². The highest BCUT2D eigenvalue weighted by molar-refractivity contribution is 5.89. The monoisotopic (exact) mass is 404 g/mol. The van der Waals surface area contributed by atoms with E-state index >= 15 is 0 Å². The van der Waals surface area contributed by atoms with E-state index in [4.69, 9.17) is 9.47 Å². The summed E-state index contributed by atoms with van der Waals surface area (Å²) in [6.45, 7) is 4.77. The lowest BCUT2D eigenvalue weighted by Gasteiger charge is -2.67. The van der Waals surface area contributed by atoms with Gasteiger partial charge < -0.3 is 24.8 Å². The number of hydrogen-bond acceptors (Lipinski definition) is 7. The zero-order chi connectivity index (χ0) is 21.2. The van der Waals surface area contributed by atoms with Crippen LogP contribution in [0.3, 0.4) is 0 Å². The van der Waals surface area contributed by atoms with Gasteiger partial charge in [-0.15, -0.1) is 0 Å². The fourth-order valence-corrected chi connectivity index (χ4v) is 6.07. The van der Waals surface area contributed by atoms with Crippen molar-refractivity contribution in [3.63, 3.8) is 0 Å². The third kappa shape index (κ3) is 2.35. The van der Waals surface area contributed by atoms with Gasteiger partial charge in [-0.2, -0.15) is 0 Å². The van der Waals surface area contributed by atoms with E-state index in [9.17, 15) is 24.9 Å². The highest BCUT2D eigenvalue weighted by Crippen LogP contribution is 2.70. The Morgan fingerprint density at radius 3 is 2.55 bits per heavy atom. The van der Waals surface area contributed by atoms with Crippen LogP contribution >= 0.6 is 0 Å². The second-order valence-corrected chi connectivity index (χ2v) is 9.29. The van der Waals surface area contributed by atoms with Crippen LogP contribution in [-0.4, -0.2) is 57.3 Å². The first-order valence-corrected chi connectivity index (χ1v) is 10.1. The predicted molar refractivity (Wildman–Crippen MR) is 102 cm³/mol. The summed E-state index contributed by atoms with van der Waals surface area (Å²) in [6, 6.07) is 8.47. The van der Waals surface area contributed by atoms with E-state index < -0.39 is 46.2 Å². The summed E-state index contributed by atoms with van der Waals surface area (Å²) < 4.78 is 10.9. The molecule has 3 aliphatic rings. The molecule has 7 heteroatoms. The van der Waals surface area contributed by atoms with Crippen LogP contribution in [0.15, 0.2) is 30.3 Å². The molecule has 158 valence electrons. The van der Waals surface area contributed by atoms with E-state index in [0.29, 0.717) is 12.0 Å². The minimum absolute atomic E-state index is 0.160. The van der Waals surface area contributed by atoms with Gasteiger partial charge in [0.2, 0.25) is 0 Å². The number of rotatable bonds is 3. The third-order valence-electron chi connectivity index (χ3n) is 8.24. The van der Waals surface area contributed by atoms with Crippen molar-refractivity contribution >= 4 is 11.9 Å². The molecule has 7 nitrogen and oxygen atoms in total. The van der Waals surface area contributed by atoms with Crippen molar-refractivity contribution in [2.75, 3.05) is 6.61 Å². The Morgan fingerprint density at radius 2 is 1.90 bits per heavy atom. The molecule has 0 amide bonds. The van der Waals surface area contributed by atoms with Gasteiger partial charge in [0.15, 0.2) is 6.10 Å². The number of carbonyl (C=O) groups excluding carboxylic acids is 2. The number of benzene rings is 1. The highest BCUT2D eigenvalue weighted by atomic mass is 16.6. The summed E-state index contributed by atoms with van der Waals surface area (Å²) in [6.07, 6.45) is -1.40. The Kier molecular flexibility index (Phi) is 4.39. The second-order valence-electron chi connectivity index (χ2n) is 9.29. The molecule has 2 saturated carbocycles. The summed E-state index contributed by atoms with van der Waals surface area (Å²) >= 11 is 0. The molecule has 4 rings (SSSR count). The normalized spacial score (nSPS) is 46.0. The molecule has 1 aliphatic heterocycles. The lowest BCUT2D eigenvalue weighted by molar-refractivity contribution is -0.340. The van der Waals surface area contributed by atoms with E-state index in [2.05, 4.69) is 0 Å². The molecule has 0 radical (unpaired) electrons. The van der Waals surface area contributed by atoms with Crippen LogP contribution in [0, 0.1) is 16.7 Å². The SMILES string of the molecule is C[C@@H]1CC[C@@]2(O)C13C[C@@H](OC(=O)[C@@H]3O)[C@](C)(O)[C@@]2(C)COC(=O)c1ccccc1. The molecular formula is C22H28O7. The molecule has 3 fully saturated rings. The van der Waals surface area contributed by atoms with Gasteiger partial charge in [-0.3, -0.25) is 0 Å². The van der Waals surface area contributed by atoms with Crippen molar-refractivity contribution in [1.29, 1.82) is 0 Å². The van der Waals surface area contributed by atoms with Crippen molar-refractivity contribution < 1.29 is 34.4 Å². The van der Waals surface area contributed by atoms with Crippen molar-refractivity contribution in [3.05, 3.63) is 35.9 Å². The largest absolute Gasteiger partial charge is 0.461 e. The molecular weight excluding hydrogens is 376 g/mol. The molecule has 1 aromatic carbocycles. The van der Waals surface area contributed by atoms with E-state index in [1.165, 1.54) is 6.92 Å². The number of ether oxygens (including phenoxy) is 2. The zero-order valence-corrected chi connectivity index (χ0v) is 16.9. The first-order chi connectivity index (χ1) is 13.5. The van der Waals surface area contributed by atoms with E-state index in [1.54, 1.807) is 37.3 Å². The number of aliphatic hydroxyl groups is 3. The van der Waals surface area contributed by atoms with Gasteiger partial charge in [0.1, 0.15) is 18.3 Å². The minimum atomic E-state index is -1.66. The zero-order valence-electron chi connectivity index (χ0n) is 16.9. The molecule has 1 spiro atoms. The average molecular weight is 404 g/mol. The fourth-order valence-electron chi connectivity index (χ4n) is 6.07. The van der Waals surface area contributed by atoms with Gasteiger partial charge in [0.05, 0.1) is 16.6 Å². The number of hydrogen-bond donors (Lipinski definition) is 3. The van der Waals surface area contributed by atoms with Crippen molar-refractivity contribution in [1.82, 2.24) is 0 Å². The topological polar surface area (TPSA) is 113 Å². The minimum Gasteiger partial charge on any atom is -0.461 e. The Balaban J connectivity index is 1.75. The second kappa shape index (κ2) is 6.27. The standard InChI is InChI=1S/C22H28O7/c1-13-9-10-22(27)19(2,12-28-17(24)14-7-5-4-6-8-14)20(3,26)15-11-21(13,22)16(23)18(25)29-15/h4-8,13,15-16,23,26-27H,9-12H2,1-3H3/t13-,15-,16+,19-,20+,21?,22+/m1/s1. The fraction of sp³-hybridized carbons (Fsp3) is 0.636. The summed E-state index contributed by atoms with van der Waals surface area (Å²) in [5.41, 5.74) is -5.44. The van der Waals surface area contributed by atoms with Crippen LogP contribution in [0.1, 0.15) is 50.4 Å². The molecule has 29 heavy (non-hydrogen) atoms. The first kappa shape index (κ1) is 20.3. The number of fused-ring (bicyclic) bond motifs is 1. The average Bonchev–Trinajstić information content (AvgIpc) is 2.96. The summed E-state index contributed by atoms with van der Waals surface area (Å²) in [7, 11) is 0. The van der Waals surface area contributed by atoms with Crippen molar-refractivity contribution in [2.45, 2.75) is 63.4 Å². The van der Waals surface area contributed by atoms with Gasteiger partial charge in [0.25, 0.3) is 0 Å². The molecule has 1 heterocycles. The third-order valence-corrected chi connectivity index (χ3v) is 8.24. The molecule has 2 bridgehead atoms. The van der Waals surface area contributed by atoms with Crippen LogP contribution in [0.25, 0.3) is 0 Å². The molecule has 3 N–H and O–H groups in total. The van der Waals surface area contributed by atoms with E-state index in [-0.39, 0.29) is 25.4 Å². The number of esters is 2. The van der Waals surface area contributed by atoms with Crippen LogP contribution in [0.4, 0.5) is 0 Å². The maximum atomic E-state index is 12.5. The first-order valence-electron chi connectivity index (χ1n) is 10.1. The summed E-state index contributed by atoms with van der Waals surface area (Å²) in [5, 5.41) is 34.3. The Labute approximate surface area is 169 Å². The van der Waals surface area contributed by atoms with Crippen LogP contribution in [0.5, 0.6) is 0 Å². The molecule has 0 aromatic heterocycles. The van der Waals surface area contributed by atoms with Gasteiger partial charge >= 0.3 is 11.9 Å². The summed E-state index contributed by atoms with van der Waals surface area (Å²) in [5.74, 6) is -1.56. The predicted octanol–water partition coefficient (Wildman–Crippen LogP) is 1.44. The lowest BCUT2D eigenvalue weighted by Crippen LogP contribution is -2.80. The van der Waals surface area contributed by atoms with Gasteiger partial charge in [-0.25, -0.2) is 9.59 Å². The molecule has 1 aromatic rings. The molecule has 1 saturated heterocycles. The van der Waals surface area contributed by atoms with E-state index in [1.807, 2.05) is 6.92 Å². The maximum absolute atomic E-state index is 12.5. The molecule has 2 aliphatic carbocycles. The molecule has 7 atom stereocenters. The van der Waals surface area contributed by atoms with Crippen molar-refractivity contribution in [3.8, 4) is 0 Å². The van der Waals surface area contributed by atoms with Crippen LogP contribution in [-0.2, 0) is 14.3 Å². The van der Waals surface area contributed by atoms with Crippen LogP contribution in [0.2, 0.25) is 0 Å². The number of carbonyl (C=O) groups is 2. The van der Waals surface area contributed by atoms with E-state index in [0.717, 1.165) is 0 Å². The Bertz CT molecular complexity index is 837. The quantitative estimate of drug-likeness (QED) is 0.653. The summed E-state index contributed by atoms with van der Waals surface area (Å²) in [4.78, 5) is 24.9. The number of aliphatic hydroxyl groups excluding tert-OH is 1. The molecule has 1 unspecified atom stereocenters. The smallest absolute Gasteiger partial charge is 0.338 e. The Hall–Kier alpha value is -1.96. The highest BCUT2D eigenvalue weighted by Gasteiger charge is 2.80. The maximum Gasteiger partial charge on any atom is 0.338 e. The van der Waals surface area contributed by atoms with Crippen LogP contribution < -0.4 is 0 Å². The van der Waals surface area contributed by atoms with Gasteiger partial charge in [0, 0.05) is 5.41 Å². The lowest BCUT2D eigenvalue weighted by atomic mass is 9.44. The Morgan fingerprint density at radius 1 is 1.24 bits per heavy atom.